The number of carbonyl (C=O) groups excluding carboxylic acids is 1. The number of aromatic nitrogens is 2. The summed E-state index contributed by atoms with van der Waals surface area (Å²) < 4.78 is 31.0. The van der Waals surface area contributed by atoms with Gasteiger partial charge >= 0.3 is 0 Å². The predicted octanol–water partition coefficient (Wildman–Crippen LogP) is -0.170. The van der Waals surface area contributed by atoms with Crippen molar-refractivity contribution in [1.29, 1.82) is 0 Å². The summed E-state index contributed by atoms with van der Waals surface area (Å²) in [4.78, 5) is 12.2. The van der Waals surface area contributed by atoms with Crippen LogP contribution in [-0.4, -0.2) is 61.4 Å². The summed E-state index contributed by atoms with van der Waals surface area (Å²) in [6.45, 7) is 1.54. The van der Waals surface area contributed by atoms with E-state index in [4.69, 9.17) is 4.74 Å². The summed E-state index contributed by atoms with van der Waals surface area (Å²) in [7, 11) is 0.0833. The minimum absolute atomic E-state index is 0.226. The van der Waals surface area contributed by atoms with Gasteiger partial charge in [-0.25, -0.2) is 12.7 Å². The molecule has 1 aromatic rings. The Hall–Kier alpha value is -1.61. The van der Waals surface area contributed by atoms with Crippen molar-refractivity contribution in [3.05, 3.63) is 11.8 Å². The first kappa shape index (κ1) is 16.8. The first-order valence-electron chi connectivity index (χ1n) is 7.12. The van der Waals surface area contributed by atoms with E-state index < -0.39 is 10.0 Å². The maximum Gasteiger partial charge on any atom is 0.258 e. The van der Waals surface area contributed by atoms with Crippen molar-refractivity contribution in [1.82, 2.24) is 19.4 Å². The van der Waals surface area contributed by atoms with E-state index in [0.717, 1.165) is 12.8 Å². The number of ether oxygens (including phenoxy) is 1. The lowest BCUT2D eigenvalue weighted by Gasteiger charge is -2.30. The second kappa shape index (κ2) is 6.66. The summed E-state index contributed by atoms with van der Waals surface area (Å²) in [6.07, 6.45) is 4.33. The van der Waals surface area contributed by atoms with Gasteiger partial charge in [0.2, 0.25) is 15.9 Å². The molecular formula is C13H22N4O4S. The monoisotopic (exact) mass is 330 g/mol. The largest absolute Gasteiger partial charge is 0.479 e. The Labute approximate surface area is 130 Å². The molecule has 1 fully saturated rings. The SMILES string of the molecule is COc1nn(C)cc1C(=O)NCC1CCN(S(C)(=O)=O)CC1. The molecular weight excluding hydrogens is 308 g/mol. The van der Waals surface area contributed by atoms with Crippen LogP contribution >= 0.6 is 0 Å². The van der Waals surface area contributed by atoms with Crippen LogP contribution in [0.3, 0.4) is 0 Å². The molecule has 9 heteroatoms. The van der Waals surface area contributed by atoms with E-state index in [1.165, 1.54) is 22.4 Å². The van der Waals surface area contributed by atoms with Crippen LogP contribution in [-0.2, 0) is 17.1 Å². The number of hydrogen-bond acceptors (Lipinski definition) is 5. The molecule has 1 aromatic heterocycles. The van der Waals surface area contributed by atoms with E-state index in [0.29, 0.717) is 31.1 Å². The van der Waals surface area contributed by atoms with E-state index >= 15 is 0 Å². The minimum atomic E-state index is -3.11. The lowest BCUT2D eigenvalue weighted by atomic mass is 9.98. The molecule has 1 saturated heterocycles. The van der Waals surface area contributed by atoms with E-state index in [-0.39, 0.29) is 11.8 Å². The number of nitrogens with one attached hydrogen (secondary N) is 1. The molecule has 124 valence electrons. The zero-order valence-corrected chi connectivity index (χ0v) is 13.9. The van der Waals surface area contributed by atoms with Crippen molar-refractivity contribution in [2.45, 2.75) is 12.8 Å². The van der Waals surface area contributed by atoms with Gasteiger partial charge < -0.3 is 10.1 Å². The number of hydrogen-bond donors (Lipinski definition) is 1. The summed E-state index contributed by atoms with van der Waals surface area (Å²) in [6, 6.07) is 0. The highest BCUT2D eigenvalue weighted by molar-refractivity contribution is 7.88. The molecule has 2 rings (SSSR count). The van der Waals surface area contributed by atoms with Gasteiger partial charge in [-0.05, 0) is 18.8 Å². The van der Waals surface area contributed by atoms with E-state index in [1.807, 2.05) is 0 Å². The van der Waals surface area contributed by atoms with Gasteiger partial charge in [-0.1, -0.05) is 0 Å². The first-order valence-corrected chi connectivity index (χ1v) is 8.97. The topological polar surface area (TPSA) is 93.5 Å². The lowest BCUT2D eigenvalue weighted by Crippen LogP contribution is -2.41. The fraction of sp³-hybridized carbons (Fsp3) is 0.692. The van der Waals surface area contributed by atoms with Crippen molar-refractivity contribution < 1.29 is 17.9 Å². The average Bonchev–Trinajstić information content (AvgIpc) is 2.85. The van der Waals surface area contributed by atoms with Crippen LogP contribution in [0.4, 0.5) is 0 Å². The van der Waals surface area contributed by atoms with Gasteiger partial charge in [0.15, 0.2) is 0 Å². The van der Waals surface area contributed by atoms with Crippen LogP contribution in [0.15, 0.2) is 6.20 Å². The molecule has 0 aliphatic carbocycles. The van der Waals surface area contributed by atoms with Crippen LogP contribution in [0.1, 0.15) is 23.2 Å². The van der Waals surface area contributed by atoms with Crippen molar-refractivity contribution in [3.63, 3.8) is 0 Å². The van der Waals surface area contributed by atoms with Crippen LogP contribution < -0.4 is 10.1 Å². The van der Waals surface area contributed by atoms with E-state index in [9.17, 15) is 13.2 Å². The zero-order chi connectivity index (χ0) is 16.3. The third kappa shape index (κ3) is 3.98. The maximum absolute atomic E-state index is 12.2. The Morgan fingerprint density at radius 3 is 2.64 bits per heavy atom. The van der Waals surface area contributed by atoms with Crippen LogP contribution in [0.5, 0.6) is 5.88 Å². The molecule has 0 saturated carbocycles. The maximum atomic E-state index is 12.2. The Kier molecular flexibility index (Phi) is 5.07. The molecule has 0 atom stereocenters. The minimum Gasteiger partial charge on any atom is -0.479 e. The molecule has 0 radical (unpaired) electrons. The third-order valence-electron chi connectivity index (χ3n) is 3.83. The molecule has 0 unspecified atom stereocenters. The van der Waals surface area contributed by atoms with Gasteiger partial charge in [-0.15, -0.1) is 5.10 Å². The number of sulfonamides is 1. The molecule has 1 N–H and O–H groups in total. The molecule has 2 heterocycles. The van der Waals surface area contributed by atoms with E-state index in [1.54, 1.807) is 13.2 Å². The second-order valence-electron chi connectivity index (χ2n) is 5.54. The first-order chi connectivity index (χ1) is 10.3. The van der Waals surface area contributed by atoms with Gasteiger partial charge in [0, 0.05) is 32.9 Å². The van der Waals surface area contributed by atoms with Crippen LogP contribution in [0.2, 0.25) is 0 Å². The van der Waals surface area contributed by atoms with Crippen molar-refractivity contribution >= 4 is 15.9 Å². The van der Waals surface area contributed by atoms with Gasteiger partial charge in [-0.3, -0.25) is 9.48 Å². The number of rotatable bonds is 5. The van der Waals surface area contributed by atoms with Crippen molar-refractivity contribution in [2.75, 3.05) is 33.0 Å². The quantitative estimate of drug-likeness (QED) is 0.809. The Morgan fingerprint density at radius 1 is 1.45 bits per heavy atom. The summed E-state index contributed by atoms with van der Waals surface area (Å²) >= 11 is 0. The lowest BCUT2D eigenvalue weighted by molar-refractivity contribution is 0.0938. The van der Waals surface area contributed by atoms with Crippen molar-refractivity contribution in [3.8, 4) is 5.88 Å². The summed E-state index contributed by atoms with van der Waals surface area (Å²) in [5.74, 6) is 0.354. The molecule has 8 nitrogen and oxygen atoms in total. The number of aryl methyl sites for hydroxylation is 1. The Bertz CT molecular complexity index is 632. The molecule has 22 heavy (non-hydrogen) atoms. The highest BCUT2D eigenvalue weighted by Crippen LogP contribution is 2.19. The fourth-order valence-electron chi connectivity index (χ4n) is 2.55. The standard InChI is InChI=1S/C13H22N4O4S/c1-16-9-11(13(15-16)21-2)12(18)14-8-10-4-6-17(7-5-10)22(3,19)20/h9-10H,4-8H2,1-3H3,(H,14,18). The van der Waals surface area contributed by atoms with Crippen LogP contribution in [0.25, 0.3) is 0 Å². The molecule has 0 bridgehead atoms. The Balaban J connectivity index is 1.85. The smallest absolute Gasteiger partial charge is 0.258 e. The third-order valence-corrected chi connectivity index (χ3v) is 5.13. The highest BCUT2D eigenvalue weighted by Gasteiger charge is 2.25. The highest BCUT2D eigenvalue weighted by atomic mass is 32.2. The van der Waals surface area contributed by atoms with Crippen molar-refractivity contribution in [2.24, 2.45) is 13.0 Å². The zero-order valence-electron chi connectivity index (χ0n) is 13.1. The molecule has 1 aliphatic rings. The molecule has 1 aliphatic heterocycles. The Morgan fingerprint density at radius 2 is 2.09 bits per heavy atom. The summed E-state index contributed by atoms with van der Waals surface area (Å²) in [5.41, 5.74) is 0.401. The number of carbonyl (C=O) groups is 1. The normalized spacial score (nSPS) is 17.4. The van der Waals surface area contributed by atoms with Gasteiger partial charge in [0.1, 0.15) is 5.56 Å². The fourth-order valence-corrected chi connectivity index (χ4v) is 3.43. The molecule has 0 aromatic carbocycles. The number of methoxy groups -OCH3 is 1. The van der Waals surface area contributed by atoms with E-state index in [2.05, 4.69) is 10.4 Å². The molecule has 0 spiro atoms. The summed E-state index contributed by atoms with van der Waals surface area (Å²) in [5, 5.41) is 6.91. The van der Waals surface area contributed by atoms with Gasteiger partial charge in [-0.2, -0.15) is 0 Å². The number of nitrogens with zero attached hydrogens (tertiary/aromatic N) is 3. The van der Waals surface area contributed by atoms with Gasteiger partial charge in [0.05, 0.1) is 13.4 Å². The number of amides is 1. The molecule has 1 amide bonds. The number of piperidine rings is 1. The average molecular weight is 330 g/mol. The predicted molar refractivity (Wildman–Crippen MR) is 81.2 cm³/mol. The van der Waals surface area contributed by atoms with Crippen LogP contribution in [0, 0.1) is 5.92 Å². The van der Waals surface area contributed by atoms with Gasteiger partial charge in [0.25, 0.3) is 5.91 Å². The second-order valence-corrected chi connectivity index (χ2v) is 7.52.